The van der Waals surface area contributed by atoms with Crippen LogP contribution in [0.3, 0.4) is 0 Å². The van der Waals surface area contributed by atoms with Crippen LogP contribution in [0.5, 0.6) is 17.4 Å². The van der Waals surface area contributed by atoms with E-state index in [1.54, 1.807) is 4.57 Å². The second kappa shape index (κ2) is 8.48. The molecule has 0 saturated carbocycles. The highest BCUT2D eigenvalue weighted by atomic mass is 16.5. The first-order valence-corrected chi connectivity index (χ1v) is 9.36. The Morgan fingerprint density at radius 2 is 1.60 bits per heavy atom. The van der Waals surface area contributed by atoms with Crippen LogP contribution in [0.25, 0.3) is 10.9 Å². The number of hydrogen-bond donors (Lipinski definition) is 2. The number of amides is 1. The van der Waals surface area contributed by atoms with E-state index in [0.717, 1.165) is 11.3 Å². The minimum atomic E-state index is -0.571. The number of benzene rings is 3. The van der Waals surface area contributed by atoms with Crippen molar-refractivity contribution in [2.24, 2.45) is 10.2 Å². The van der Waals surface area contributed by atoms with Crippen molar-refractivity contribution in [3.05, 3.63) is 84.4 Å². The number of fused-ring (bicyclic) bond motifs is 1. The highest BCUT2D eigenvalue weighted by Gasteiger charge is 2.17. The van der Waals surface area contributed by atoms with E-state index < -0.39 is 5.91 Å². The predicted molar refractivity (Wildman–Crippen MR) is 112 cm³/mol. The smallest absolute Gasteiger partial charge is 0.295 e. The normalized spacial score (nSPS) is 11.2. The van der Waals surface area contributed by atoms with Crippen molar-refractivity contribution in [2.75, 3.05) is 6.61 Å². The Hall–Kier alpha value is -4.13. The molecule has 150 valence electrons. The number of nitrogens with zero attached hydrogens (tertiary/aromatic N) is 3. The molecule has 0 unspecified atom stereocenters. The third-order valence-corrected chi connectivity index (χ3v) is 4.60. The number of rotatable bonds is 6. The van der Waals surface area contributed by atoms with Crippen LogP contribution in [0, 0.1) is 0 Å². The van der Waals surface area contributed by atoms with E-state index in [0.29, 0.717) is 18.5 Å². The van der Waals surface area contributed by atoms with Gasteiger partial charge in [0.25, 0.3) is 5.91 Å². The molecule has 0 aliphatic carbocycles. The molecule has 7 heteroatoms. The molecule has 0 radical (unpaired) electrons. The second-order valence-corrected chi connectivity index (χ2v) is 6.55. The molecular weight excluding hydrogens is 382 g/mol. The van der Waals surface area contributed by atoms with E-state index >= 15 is 0 Å². The topological polar surface area (TPSA) is 96.4 Å². The van der Waals surface area contributed by atoms with Crippen molar-refractivity contribution in [3.63, 3.8) is 0 Å². The van der Waals surface area contributed by atoms with Gasteiger partial charge in [-0.1, -0.05) is 36.4 Å². The van der Waals surface area contributed by atoms with Gasteiger partial charge in [0.05, 0.1) is 12.1 Å². The van der Waals surface area contributed by atoms with Crippen LogP contribution in [0.1, 0.15) is 10.4 Å². The largest absolute Gasteiger partial charge is 0.508 e. The van der Waals surface area contributed by atoms with E-state index in [1.807, 2.05) is 54.6 Å². The number of carbonyl (C=O) groups is 1. The Kier molecular flexibility index (Phi) is 5.43. The SMILES string of the molecule is O=C(N=Nc1c(O)n(CCOc2ccccc2)c2ccccc12)c1ccc(O)cc1. The Balaban J connectivity index is 1.58. The van der Waals surface area contributed by atoms with Gasteiger partial charge in [0, 0.05) is 10.9 Å². The van der Waals surface area contributed by atoms with Gasteiger partial charge >= 0.3 is 0 Å². The standard InChI is InChI=1S/C23H19N3O4/c27-17-12-10-16(11-13-17)22(28)25-24-21-19-8-4-5-9-20(19)26(23(21)29)14-15-30-18-6-2-1-3-7-18/h1-13,27,29H,14-15H2. The number of aromatic nitrogens is 1. The lowest BCUT2D eigenvalue weighted by molar-refractivity contribution is 0.0995. The van der Waals surface area contributed by atoms with E-state index in [2.05, 4.69) is 10.2 Å². The van der Waals surface area contributed by atoms with E-state index in [4.69, 9.17) is 4.74 Å². The molecule has 0 atom stereocenters. The first-order valence-electron chi connectivity index (χ1n) is 9.36. The van der Waals surface area contributed by atoms with Crippen LogP contribution < -0.4 is 4.74 Å². The maximum atomic E-state index is 12.3. The number of aromatic hydroxyl groups is 2. The van der Waals surface area contributed by atoms with Gasteiger partial charge in [-0.05, 0) is 42.5 Å². The quantitative estimate of drug-likeness (QED) is 0.442. The summed E-state index contributed by atoms with van der Waals surface area (Å²) in [6.07, 6.45) is 0. The molecule has 1 amide bonds. The van der Waals surface area contributed by atoms with Crippen molar-refractivity contribution in [3.8, 4) is 17.4 Å². The Morgan fingerprint density at radius 1 is 0.900 bits per heavy atom. The summed E-state index contributed by atoms with van der Waals surface area (Å²) in [4.78, 5) is 12.3. The Bertz CT molecular complexity index is 1200. The van der Waals surface area contributed by atoms with Crippen LogP contribution in [-0.4, -0.2) is 27.3 Å². The highest BCUT2D eigenvalue weighted by Crippen LogP contribution is 2.38. The Morgan fingerprint density at radius 3 is 2.37 bits per heavy atom. The van der Waals surface area contributed by atoms with Gasteiger partial charge in [-0.3, -0.25) is 4.79 Å². The molecule has 0 saturated heterocycles. The summed E-state index contributed by atoms with van der Waals surface area (Å²) in [5.74, 6) is 0.142. The van der Waals surface area contributed by atoms with Crippen molar-refractivity contribution in [1.29, 1.82) is 0 Å². The molecule has 0 spiro atoms. The molecular formula is C23H19N3O4. The van der Waals surface area contributed by atoms with Crippen molar-refractivity contribution < 1.29 is 19.7 Å². The molecule has 1 aromatic heterocycles. The van der Waals surface area contributed by atoms with Gasteiger partial charge < -0.3 is 19.5 Å². The highest BCUT2D eigenvalue weighted by molar-refractivity contribution is 5.97. The number of para-hydroxylation sites is 2. The van der Waals surface area contributed by atoms with E-state index in [1.165, 1.54) is 24.3 Å². The zero-order valence-electron chi connectivity index (χ0n) is 16.0. The monoisotopic (exact) mass is 401 g/mol. The van der Waals surface area contributed by atoms with E-state index in [9.17, 15) is 15.0 Å². The summed E-state index contributed by atoms with van der Waals surface area (Å²) in [7, 11) is 0. The van der Waals surface area contributed by atoms with Crippen LogP contribution in [0.4, 0.5) is 5.69 Å². The number of phenolic OH excluding ortho intramolecular Hbond substituents is 1. The molecule has 0 fully saturated rings. The zero-order chi connectivity index (χ0) is 20.9. The van der Waals surface area contributed by atoms with Crippen molar-refractivity contribution in [1.82, 2.24) is 4.57 Å². The van der Waals surface area contributed by atoms with Crippen LogP contribution in [-0.2, 0) is 6.54 Å². The summed E-state index contributed by atoms with van der Waals surface area (Å²) >= 11 is 0. The molecule has 4 aromatic rings. The van der Waals surface area contributed by atoms with Crippen molar-refractivity contribution in [2.45, 2.75) is 6.54 Å². The van der Waals surface area contributed by atoms with Crippen molar-refractivity contribution >= 4 is 22.5 Å². The summed E-state index contributed by atoms with van der Waals surface area (Å²) in [6, 6.07) is 22.5. The lowest BCUT2D eigenvalue weighted by Gasteiger charge is -2.09. The number of azo groups is 1. The molecule has 4 rings (SSSR count). The first-order chi connectivity index (χ1) is 14.6. The molecule has 7 nitrogen and oxygen atoms in total. The second-order valence-electron chi connectivity index (χ2n) is 6.55. The van der Waals surface area contributed by atoms with Gasteiger partial charge in [-0.2, -0.15) is 0 Å². The third-order valence-electron chi connectivity index (χ3n) is 4.60. The van der Waals surface area contributed by atoms with E-state index in [-0.39, 0.29) is 22.9 Å². The van der Waals surface area contributed by atoms with Crippen LogP contribution in [0.15, 0.2) is 89.1 Å². The van der Waals surface area contributed by atoms with Gasteiger partial charge in [-0.15, -0.1) is 10.2 Å². The fourth-order valence-corrected chi connectivity index (χ4v) is 3.13. The number of carbonyl (C=O) groups excluding carboxylic acids is 1. The summed E-state index contributed by atoms with van der Waals surface area (Å²) in [5, 5.41) is 28.5. The molecule has 0 aliphatic rings. The maximum absolute atomic E-state index is 12.3. The molecule has 0 bridgehead atoms. The van der Waals surface area contributed by atoms with Gasteiger partial charge in [-0.25, -0.2) is 0 Å². The molecule has 30 heavy (non-hydrogen) atoms. The summed E-state index contributed by atoms with van der Waals surface area (Å²) < 4.78 is 7.41. The third kappa shape index (κ3) is 4.00. The molecule has 1 heterocycles. The molecule has 3 aromatic carbocycles. The van der Waals surface area contributed by atoms with Gasteiger partial charge in [0.15, 0.2) is 5.69 Å². The van der Waals surface area contributed by atoms with Crippen LogP contribution in [0.2, 0.25) is 0 Å². The number of ether oxygens (including phenoxy) is 1. The molecule has 0 aliphatic heterocycles. The Labute approximate surface area is 172 Å². The summed E-state index contributed by atoms with van der Waals surface area (Å²) in [5.41, 5.74) is 1.27. The predicted octanol–water partition coefficient (Wildman–Crippen LogP) is 5.06. The summed E-state index contributed by atoms with van der Waals surface area (Å²) in [6.45, 7) is 0.738. The fourth-order valence-electron chi connectivity index (χ4n) is 3.13. The fraction of sp³-hybridized carbons (Fsp3) is 0.0870. The number of hydrogen-bond acceptors (Lipinski definition) is 5. The average Bonchev–Trinajstić information content (AvgIpc) is 3.04. The average molecular weight is 401 g/mol. The molecule has 2 N–H and O–H groups in total. The number of phenols is 1. The van der Waals surface area contributed by atoms with Crippen LogP contribution >= 0.6 is 0 Å². The maximum Gasteiger partial charge on any atom is 0.295 e. The minimum Gasteiger partial charge on any atom is -0.508 e. The lowest BCUT2D eigenvalue weighted by atomic mass is 10.2. The lowest BCUT2D eigenvalue weighted by Crippen LogP contribution is -2.07. The first kappa shape index (κ1) is 19.2. The minimum absolute atomic E-state index is 0.0573. The van der Waals surface area contributed by atoms with Gasteiger partial charge in [0.2, 0.25) is 5.88 Å². The van der Waals surface area contributed by atoms with Gasteiger partial charge in [0.1, 0.15) is 18.1 Å². The zero-order valence-corrected chi connectivity index (χ0v) is 16.0.